The van der Waals surface area contributed by atoms with Crippen LogP contribution in [0, 0.1) is 11.3 Å². The van der Waals surface area contributed by atoms with E-state index in [-0.39, 0.29) is 0 Å². The monoisotopic (exact) mass is 255 g/mol. The Morgan fingerprint density at radius 1 is 1.33 bits per heavy atom. The molecule has 0 aromatic rings. The molecule has 0 radical (unpaired) electrons. The van der Waals surface area contributed by atoms with E-state index in [9.17, 15) is 0 Å². The van der Waals surface area contributed by atoms with E-state index in [1.54, 1.807) is 0 Å². The molecule has 2 unspecified atom stereocenters. The second-order valence-corrected chi connectivity index (χ2v) is 6.11. The second kappa shape index (κ2) is 6.88. The van der Waals surface area contributed by atoms with Crippen molar-refractivity contribution in [1.29, 1.82) is 0 Å². The lowest BCUT2D eigenvalue weighted by Crippen LogP contribution is -2.46. The van der Waals surface area contributed by atoms with Crippen molar-refractivity contribution in [2.75, 3.05) is 26.4 Å². The number of hydrogen-bond acceptors (Lipinski definition) is 3. The fraction of sp³-hybridized carbons (Fsp3) is 1.00. The summed E-state index contributed by atoms with van der Waals surface area (Å²) in [6, 6.07) is 0.689. The van der Waals surface area contributed by atoms with E-state index in [4.69, 9.17) is 9.84 Å². The summed E-state index contributed by atoms with van der Waals surface area (Å²) < 4.78 is 5.53. The van der Waals surface area contributed by atoms with E-state index in [0.29, 0.717) is 24.0 Å². The molecule has 1 heterocycles. The van der Waals surface area contributed by atoms with Crippen LogP contribution in [0.3, 0.4) is 0 Å². The molecule has 0 aromatic heterocycles. The summed E-state index contributed by atoms with van der Waals surface area (Å²) in [6.07, 6.45) is 8.65. The molecule has 2 aliphatic rings. The van der Waals surface area contributed by atoms with Crippen LogP contribution < -0.4 is 5.32 Å². The van der Waals surface area contributed by atoms with Crippen LogP contribution >= 0.6 is 0 Å². The van der Waals surface area contributed by atoms with Gasteiger partial charge < -0.3 is 15.2 Å². The SMILES string of the molecule is CCC(CCO)CNC1CCCC12CCOCC2. The molecule has 1 saturated heterocycles. The Labute approximate surface area is 111 Å². The van der Waals surface area contributed by atoms with Gasteiger partial charge >= 0.3 is 0 Å². The first-order chi connectivity index (χ1) is 8.80. The Morgan fingerprint density at radius 3 is 2.78 bits per heavy atom. The molecule has 106 valence electrons. The standard InChI is InChI=1S/C15H29NO2/c1-2-13(5-9-17)12-16-14-4-3-6-15(14)7-10-18-11-8-15/h13-14,16-17H,2-12H2,1H3. The second-order valence-electron chi connectivity index (χ2n) is 6.11. The molecule has 0 aromatic carbocycles. The van der Waals surface area contributed by atoms with Gasteiger partial charge in [0.05, 0.1) is 0 Å². The highest BCUT2D eigenvalue weighted by molar-refractivity contribution is 4.97. The van der Waals surface area contributed by atoms with Crippen molar-refractivity contribution in [3.8, 4) is 0 Å². The van der Waals surface area contributed by atoms with Crippen molar-refractivity contribution >= 4 is 0 Å². The number of nitrogens with one attached hydrogen (secondary N) is 1. The molecule has 3 nitrogen and oxygen atoms in total. The minimum Gasteiger partial charge on any atom is -0.396 e. The smallest absolute Gasteiger partial charge is 0.0471 e. The van der Waals surface area contributed by atoms with Crippen LogP contribution in [0.25, 0.3) is 0 Å². The van der Waals surface area contributed by atoms with Gasteiger partial charge in [-0.1, -0.05) is 19.8 Å². The topological polar surface area (TPSA) is 41.5 Å². The van der Waals surface area contributed by atoms with Gasteiger partial charge in [0.25, 0.3) is 0 Å². The zero-order valence-electron chi connectivity index (χ0n) is 11.8. The lowest BCUT2D eigenvalue weighted by molar-refractivity contribution is 0.00370. The van der Waals surface area contributed by atoms with Gasteiger partial charge in [-0.2, -0.15) is 0 Å². The summed E-state index contributed by atoms with van der Waals surface area (Å²) in [4.78, 5) is 0. The van der Waals surface area contributed by atoms with Gasteiger partial charge in [0.15, 0.2) is 0 Å². The first-order valence-electron chi connectivity index (χ1n) is 7.73. The number of ether oxygens (including phenoxy) is 1. The maximum Gasteiger partial charge on any atom is 0.0471 e. The van der Waals surface area contributed by atoms with E-state index in [1.807, 2.05) is 0 Å². The maximum absolute atomic E-state index is 9.06. The maximum atomic E-state index is 9.06. The zero-order valence-corrected chi connectivity index (χ0v) is 11.8. The molecule has 1 aliphatic carbocycles. The molecule has 2 fully saturated rings. The third-order valence-electron chi connectivity index (χ3n) is 5.16. The molecule has 1 spiro atoms. The van der Waals surface area contributed by atoms with E-state index < -0.39 is 0 Å². The van der Waals surface area contributed by atoms with E-state index in [1.165, 1.54) is 32.1 Å². The molecular formula is C15H29NO2. The minimum absolute atomic E-state index is 0.323. The lowest BCUT2D eigenvalue weighted by Gasteiger charge is -2.40. The molecule has 2 rings (SSSR count). The molecule has 18 heavy (non-hydrogen) atoms. The summed E-state index contributed by atoms with van der Waals surface area (Å²) >= 11 is 0. The molecule has 1 aliphatic heterocycles. The van der Waals surface area contributed by atoms with Crippen molar-refractivity contribution in [2.45, 2.75) is 57.9 Å². The minimum atomic E-state index is 0.323. The predicted octanol–water partition coefficient (Wildman–Crippen LogP) is 2.33. The summed E-state index contributed by atoms with van der Waals surface area (Å²) in [5, 5.41) is 12.9. The molecule has 3 heteroatoms. The van der Waals surface area contributed by atoms with Crippen LogP contribution in [-0.4, -0.2) is 37.5 Å². The van der Waals surface area contributed by atoms with Crippen LogP contribution in [0.5, 0.6) is 0 Å². The average Bonchev–Trinajstić information content (AvgIpc) is 2.78. The normalized spacial score (nSPS) is 28.7. The highest BCUT2D eigenvalue weighted by Crippen LogP contribution is 2.45. The molecule has 2 N–H and O–H groups in total. The van der Waals surface area contributed by atoms with E-state index >= 15 is 0 Å². The molecule has 0 amide bonds. The molecular weight excluding hydrogens is 226 g/mol. The highest BCUT2D eigenvalue weighted by atomic mass is 16.5. The Balaban J connectivity index is 1.83. The van der Waals surface area contributed by atoms with Gasteiger partial charge in [0.2, 0.25) is 0 Å². The fourth-order valence-electron chi connectivity index (χ4n) is 3.78. The van der Waals surface area contributed by atoms with Crippen molar-refractivity contribution < 1.29 is 9.84 Å². The van der Waals surface area contributed by atoms with Gasteiger partial charge in [-0.05, 0) is 50.0 Å². The van der Waals surface area contributed by atoms with E-state index in [2.05, 4.69) is 12.2 Å². The lowest BCUT2D eigenvalue weighted by atomic mass is 9.75. The molecule has 2 atom stereocenters. The van der Waals surface area contributed by atoms with Crippen LogP contribution in [0.4, 0.5) is 0 Å². The van der Waals surface area contributed by atoms with Gasteiger partial charge in [-0.15, -0.1) is 0 Å². The van der Waals surface area contributed by atoms with E-state index in [0.717, 1.165) is 32.6 Å². The number of aliphatic hydroxyl groups is 1. The number of rotatable bonds is 6. The highest BCUT2D eigenvalue weighted by Gasteiger charge is 2.43. The first-order valence-corrected chi connectivity index (χ1v) is 7.73. The summed E-state index contributed by atoms with van der Waals surface area (Å²) in [5.41, 5.74) is 0.524. The summed E-state index contributed by atoms with van der Waals surface area (Å²) in [7, 11) is 0. The Morgan fingerprint density at radius 2 is 2.11 bits per heavy atom. The summed E-state index contributed by atoms with van der Waals surface area (Å²) in [6.45, 7) is 5.52. The van der Waals surface area contributed by atoms with Crippen molar-refractivity contribution in [1.82, 2.24) is 5.32 Å². The zero-order chi connectivity index (χ0) is 12.8. The average molecular weight is 255 g/mol. The van der Waals surface area contributed by atoms with Crippen LogP contribution in [0.1, 0.15) is 51.9 Å². The van der Waals surface area contributed by atoms with Crippen LogP contribution in [0.15, 0.2) is 0 Å². The largest absolute Gasteiger partial charge is 0.396 e. The van der Waals surface area contributed by atoms with Gasteiger partial charge in [-0.3, -0.25) is 0 Å². The number of hydrogen-bond donors (Lipinski definition) is 2. The van der Waals surface area contributed by atoms with Gasteiger partial charge in [-0.25, -0.2) is 0 Å². The van der Waals surface area contributed by atoms with Gasteiger partial charge in [0.1, 0.15) is 0 Å². The fourth-order valence-corrected chi connectivity index (χ4v) is 3.78. The quantitative estimate of drug-likeness (QED) is 0.765. The number of aliphatic hydroxyl groups excluding tert-OH is 1. The van der Waals surface area contributed by atoms with Crippen molar-refractivity contribution in [3.05, 3.63) is 0 Å². The van der Waals surface area contributed by atoms with Gasteiger partial charge in [0, 0.05) is 25.9 Å². The van der Waals surface area contributed by atoms with Crippen molar-refractivity contribution in [2.24, 2.45) is 11.3 Å². The molecule has 0 bridgehead atoms. The third kappa shape index (κ3) is 3.25. The summed E-state index contributed by atoms with van der Waals surface area (Å²) in [5.74, 6) is 0.632. The predicted molar refractivity (Wildman–Crippen MR) is 73.6 cm³/mol. The van der Waals surface area contributed by atoms with Crippen LogP contribution in [-0.2, 0) is 4.74 Å². The van der Waals surface area contributed by atoms with Crippen LogP contribution in [0.2, 0.25) is 0 Å². The Bertz CT molecular complexity index is 239. The third-order valence-corrected chi connectivity index (χ3v) is 5.16. The Hall–Kier alpha value is -0.120. The molecule has 1 saturated carbocycles. The Kier molecular flexibility index (Phi) is 5.46. The van der Waals surface area contributed by atoms with Crippen molar-refractivity contribution in [3.63, 3.8) is 0 Å². The first kappa shape index (κ1) is 14.3.